The van der Waals surface area contributed by atoms with Crippen LogP contribution in [0.1, 0.15) is 17.8 Å². The lowest BCUT2D eigenvalue weighted by Gasteiger charge is -2.19. The average Bonchev–Trinajstić information content (AvgIpc) is 2.76. The Kier molecular flexibility index (Phi) is 4.46. The summed E-state index contributed by atoms with van der Waals surface area (Å²) in [7, 11) is 0. The van der Waals surface area contributed by atoms with Crippen LogP contribution in [0.4, 0.5) is 0 Å². The van der Waals surface area contributed by atoms with Gasteiger partial charge in [0.1, 0.15) is 18.2 Å². The summed E-state index contributed by atoms with van der Waals surface area (Å²) in [4.78, 5) is 6.68. The van der Waals surface area contributed by atoms with Gasteiger partial charge in [0.15, 0.2) is 0 Å². The van der Waals surface area contributed by atoms with Crippen molar-refractivity contribution in [1.82, 2.24) is 14.5 Å². The van der Waals surface area contributed by atoms with Crippen LogP contribution in [0.25, 0.3) is 0 Å². The van der Waals surface area contributed by atoms with E-state index in [-0.39, 0.29) is 0 Å². The molecule has 1 aromatic heterocycles. The normalized spacial score (nSPS) is 15.3. The topological polar surface area (TPSA) is 30.3 Å². The summed E-state index contributed by atoms with van der Waals surface area (Å²) in [6, 6.07) is 5.86. The molecule has 3 rings (SSSR count). The molecule has 2 aromatic rings. The molecule has 0 bridgehead atoms. The van der Waals surface area contributed by atoms with Crippen LogP contribution in [-0.2, 0) is 13.1 Å². The Hall–Kier alpha value is -1.52. The van der Waals surface area contributed by atoms with Gasteiger partial charge in [-0.1, -0.05) is 11.6 Å². The standard InChI is InChI=1S/C16H20ClN3O/c1-13-18-5-8-20(13)7-2-6-19-9-10-21-16-4-3-15(17)11-14(16)12-19/h3-5,8,11H,2,6-7,9-10,12H2,1H3. The van der Waals surface area contributed by atoms with Gasteiger partial charge < -0.3 is 9.30 Å². The van der Waals surface area contributed by atoms with Gasteiger partial charge in [0, 0.05) is 49.2 Å². The van der Waals surface area contributed by atoms with E-state index in [1.165, 1.54) is 5.56 Å². The first-order valence-electron chi connectivity index (χ1n) is 7.34. The first-order valence-corrected chi connectivity index (χ1v) is 7.71. The average molecular weight is 306 g/mol. The van der Waals surface area contributed by atoms with Crippen molar-refractivity contribution in [1.29, 1.82) is 0 Å². The number of ether oxygens (including phenoxy) is 1. The van der Waals surface area contributed by atoms with E-state index in [2.05, 4.69) is 14.5 Å². The number of hydrogen-bond acceptors (Lipinski definition) is 3. The molecule has 0 unspecified atom stereocenters. The summed E-state index contributed by atoms with van der Waals surface area (Å²) < 4.78 is 7.98. The number of halogens is 1. The predicted molar refractivity (Wildman–Crippen MR) is 83.8 cm³/mol. The summed E-state index contributed by atoms with van der Waals surface area (Å²) in [6.45, 7) is 6.68. The number of imidazole rings is 1. The molecule has 0 N–H and O–H groups in total. The zero-order valence-corrected chi connectivity index (χ0v) is 13.0. The van der Waals surface area contributed by atoms with Gasteiger partial charge in [0.25, 0.3) is 0 Å². The lowest BCUT2D eigenvalue weighted by atomic mass is 10.2. The van der Waals surface area contributed by atoms with E-state index in [9.17, 15) is 0 Å². The maximum Gasteiger partial charge on any atom is 0.123 e. The smallest absolute Gasteiger partial charge is 0.123 e. The van der Waals surface area contributed by atoms with E-state index in [1.54, 1.807) is 0 Å². The minimum atomic E-state index is 0.735. The number of nitrogens with zero attached hydrogens (tertiary/aromatic N) is 3. The molecular weight excluding hydrogens is 286 g/mol. The van der Waals surface area contributed by atoms with E-state index in [1.807, 2.05) is 37.5 Å². The zero-order chi connectivity index (χ0) is 14.7. The fourth-order valence-corrected chi connectivity index (χ4v) is 2.91. The highest BCUT2D eigenvalue weighted by Gasteiger charge is 2.15. The molecule has 0 fully saturated rings. The molecule has 2 heterocycles. The van der Waals surface area contributed by atoms with Crippen molar-refractivity contribution in [3.05, 3.63) is 47.0 Å². The largest absolute Gasteiger partial charge is 0.492 e. The molecule has 1 aliphatic rings. The second-order valence-corrected chi connectivity index (χ2v) is 5.83. The van der Waals surface area contributed by atoms with Crippen LogP contribution >= 0.6 is 11.6 Å². The molecule has 21 heavy (non-hydrogen) atoms. The molecule has 1 aliphatic heterocycles. The van der Waals surface area contributed by atoms with Gasteiger partial charge in [0.2, 0.25) is 0 Å². The Morgan fingerprint density at radius 3 is 3.05 bits per heavy atom. The van der Waals surface area contributed by atoms with Crippen molar-refractivity contribution in [3.8, 4) is 5.75 Å². The third-order valence-electron chi connectivity index (χ3n) is 3.88. The van der Waals surface area contributed by atoms with Gasteiger partial charge >= 0.3 is 0 Å². The van der Waals surface area contributed by atoms with Gasteiger partial charge in [-0.15, -0.1) is 0 Å². The summed E-state index contributed by atoms with van der Waals surface area (Å²) in [5.41, 5.74) is 1.18. The van der Waals surface area contributed by atoms with E-state index < -0.39 is 0 Å². The van der Waals surface area contributed by atoms with Crippen molar-refractivity contribution in [3.63, 3.8) is 0 Å². The number of aromatic nitrogens is 2. The van der Waals surface area contributed by atoms with Gasteiger partial charge in [-0.3, -0.25) is 4.90 Å². The van der Waals surface area contributed by atoms with Crippen LogP contribution in [0.15, 0.2) is 30.6 Å². The van der Waals surface area contributed by atoms with Gasteiger partial charge in [0.05, 0.1) is 0 Å². The maximum atomic E-state index is 6.08. The lowest BCUT2D eigenvalue weighted by molar-refractivity contribution is 0.221. The van der Waals surface area contributed by atoms with E-state index in [0.29, 0.717) is 0 Å². The van der Waals surface area contributed by atoms with Crippen LogP contribution < -0.4 is 4.74 Å². The Balaban J connectivity index is 1.58. The van der Waals surface area contributed by atoms with Crippen LogP contribution in [0.2, 0.25) is 5.02 Å². The van der Waals surface area contributed by atoms with E-state index >= 15 is 0 Å². The van der Waals surface area contributed by atoms with Crippen LogP contribution in [0.5, 0.6) is 5.75 Å². The molecule has 0 atom stereocenters. The SMILES string of the molecule is Cc1nccn1CCCN1CCOc2ccc(Cl)cc2C1. The van der Waals surface area contributed by atoms with Crippen molar-refractivity contribution in [2.45, 2.75) is 26.4 Å². The Morgan fingerprint density at radius 2 is 2.24 bits per heavy atom. The molecule has 4 nitrogen and oxygen atoms in total. The highest BCUT2D eigenvalue weighted by atomic mass is 35.5. The molecule has 1 aromatic carbocycles. The van der Waals surface area contributed by atoms with Gasteiger partial charge in [-0.25, -0.2) is 4.98 Å². The Bertz CT molecular complexity index is 611. The van der Waals surface area contributed by atoms with Crippen LogP contribution in [-0.4, -0.2) is 34.1 Å². The fraction of sp³-hybridized carbons (Fsp3) is 0.438. The van der Waals surface area contributed by atoms with Gasteiger partial charge in [-0.2, -0.15) is 0 Å². The third-order valence-corrected chi connectivity index (χ3v) is 4.11. The van der Waals surface area contributed by atoms with Crippen molar-refractivity contribution in [2.75, 3.05) is 19.7 Å². The highest BCUT2D eigenvalue weighted by Crippen LogP contribution is 2.26. The quantitative estimate of drug-likeness (QED) is 0.869. The first-order chi connectivity index (χ1) is 10.2. The predicted octanol–water partition coefficient (Wildman–Crippen LogP) is 3.13. The molecule has 0 saturated carbocycles. The minimum absolute atomic E-state index is 0.735. The Labute approximate surface area is 130 Å². The number of rotatable bonds is 4. The number of fused-ring (bicyclic) bond motifs is 1. The van der Waals surface area contributed by atoms with E-state index in [0.717, 1.165) is 55.8 Å². The summed E-state index contributed by atoms with van der Waals surface area (Å²) in [5, 5.41) is 0.772. The number of benzene rings is 1. The first kappa shape index (κ1) is 14.4. The fourth-order valence-electron chi connectivity index (χ4n) is 2.71. The van der Waals surface area contributed by atoms with Crippen LogP contribution in [0, 0.1) is 6.92 Å². The van der Waals surface area contributed by atoms with Crippen LogP contribution in [0.3, 0.4) is 0 Å². The maximum absolute atomic E-state index is 6.08. The summed E-state index contributed by atoms with van der Waals surface area (Å²) >= 11 is 6.08. The molecule has 112 valence electrons. The second kappa shape index (κ2) is 6.50. The Morgan fingerprint density at radius 1 is 1.33 bits per heavy atom. The molecule has 5 heteroatoms. The molecule has 0 amide bonds. The monoisotopic (exact) mass is 305 g/mol. The molecular formula is C16H20ClN3O. The van der Waals surface area contributed by atoms with Gasteiger partial charge in [-0.05, 0) is 31.5 Å². The van der Waals surface area contributed by atoms with Crippen molar-refractivity contribution >= 4 is 11.6 Å². The van der Waals surface area contributed by atoms with E-state index in [4.69, 9.17) is 16.3 Å². The summed E-state index contributed by atoms with van der Waals surface area (Å²) in [5.74, 6) is 2.04. The molecule has 0 saturated heterocycles. The second-order valence-electron chi connectivity index (χ2n) is 5.40. The van der Waals surface area contributed by atoms with Crippen molar-refractivity contribution in [2.24, 2.45) is 0 Å². The highest BCUT2D eigenvalue weighted by molar-refractivity contribution is 6.30. The third kappa shape index (κ3) is 3.57. The molecule has 0 spiro atoms. The zero-order valence-electron chi connectivity index (χ0n) is 12.3. The molecule has 0 radical (unpaired) electrons. The molecule has 0 aliphatic carbocycles. The van der Waals surface area contributed by atoms with Crippen molar-refractivity contribution < 1.29 is 4.74 Å². The summed E-state index contributed by atoms with van der Waals surface area (Å²) in [6.07, 6.45) is 5.00. The lowest BCUT2D eigenvalue weighted by Crippen LogP contribution is -2.27. The number of aryl methyl sites for hydroxylation is 2. The number of hydrogen-bond donors (Lipinski definition) is 0. The minimum Gasteiger partial charge on any atom is -0.492 e.